The Morgan fingerprint density at radius 3 is 1.49 bits per heavy atom. The van der Waals surface area contributed by atoms with Crippen LogP contribution in [-0.4, -0.2) is 26.2 Å². The maximum Gasteiger partial charge on any atom is 0.328 e. The van der Waals surface area contributed by atoms with Crippen molar-refractivity contribution in [1.29, 1.82) is 0 Å². The third kappa shape index (κ3) is 5.57. The van der Waals surface area contributed by atoms with E-state index >= 15 is 0 Å². The second kappa shape index (κ2) is 11.1. The number of nitrogens with zero attached hydrogens (tertiary/aromatic N) is 2. The van der Waals surface area contributed by atoms with Crippen LogP contribution >= 0.6 is 0 Å². The third-order valence-electron chi connectivity index (χ3n) is 6.54. The average Bonchev–Trinajstić information content (AvgIpc) is 2.95. The van der Waals surface area contributed by atoms with Gasteiger partial charge in [0, 0.05) is 29.4 Å². The van der Waals surface area contributed by atoms with Crippen molar-refractivity contribution in [2.24, 2.45) is 0 Å². The second-order valence-corrected chi connectivity index (χ2v) is 9.12. The number of ether oxygens (including phenoxy) is 1. The molecule has 0 saturated carbocycles. The molecule has 0 unspecified atom stereocenters. The van der Waals surface area contributed by atoms with Gasteiger partial charge >= 0.3 is 11.4 Å². The van der Waals surface area contributed by atoms with Crippen LogP contribution in [0.3, 0.4) is 0 Å². The molecule has 5 rings (SSSR count). The van der Waals surface area contributed by atoms with Crippen molar-refractivity contribution in [3.8, 4) is 5.75 Å². The molecule has 0 aliphatic heterocycles. The summed E-state index contributed by atoms with van der Waals surface area (Å²) in [6, 6.07) is 25.7. The lowest BCUT2D eigenvalue weighted by Gasteiger charge is -2.19. The minimum Gasteiger partial charge on any atom is -0.497 e. The maximum absolute atomic E-state index is 13.2. The van der Waals surface area contributed by atoms with Crippen LogP contribution in [0, 0.1) is 0 Å². The minimum atomic E-state index is -0.881. The predicted octanol–water partition coefficient (Wildman–Crippen LogP) is 2.67. The quantitative estimate of drug-likeness (QED) is 0.325. The molecule has 3 aromatic carbocycles. The van der Waals surface area contributed by atoms with Crippen molar-refractivity contribution < 1.29 is 4.74 Å². The second-order valence-electron chi connectivity index (χ2n) is 9.12. The van der Waals surface area contributed by atoms with Gasteiger partial charge in [-0.1, -0.05) is 72.8 Å². The number of nitrogens with one attached hydrogen (secondary N) is 2. The topological polar surface area (TPSA) is 119 Å². The number of H-pyrrole nitrogens is 2. The van der Waals surface area contributed by atoms with Gasteiger partial charge in [-0.25, -0.2) is 9.59 Å². The summed E-state index contributed by atoms with van der Waals surface area (Å²) in [5.41, 5.74) is 0.350. The summed E-state index contributed by atoms with van der Waals surface area (Å²) in [6.45, 7) is 0.450. The van der Waals surface area contributed by atoms with Crippen LogP contribution in [-0.2, 0) is 13.1 Å². The Hall–Kier alpha value is -5.18. The molecule has 0 spiro atoms. The zero-order valence-electron chi connectivity index (χ0n) is 21.2. The van der Waals surface area contributed by atoms with Crippen LogP contribution in [0.1, 0.15) is 33.7 Å². The average molecular weight is 523 g/mol. The standard InChI is InChI=1S/C30H26N4O5/c1-39-23-14-12-22(13-15-23)26(24-18-33(29(37)31-27(24)35)16-20-8-4-2-5-9-20)25-19-34(30(38)32-28(25)36)17-21-10-6-3-7-11-21/h2-15,18-19,26H,16-17H2,1H3,(H,31,35,37)(H,32,36,38). The maximum atomic E-state index is 13.2. The van der Waals surface area contributed by atoms with E-state index < -0.39 is 28.4 Å². The number of methoxy groups -OCH3 is 1. The van der Waals surface area contributed by atoms with Crippen molar-refractivity contribution in [2.45, 2.75) is 19.0 Å². The molecule has 2 aromatic heterocycles. The lowest BCUT2D eigenvalue weighted by molar-refractivity contribution is 0.414. The SMILES string of the molecule is COc1ccc(C(c2cn(Cc3ccccc3)c(=O)[nH]c2=O)c2cn(Cc3ccccc3)c(=O)[nH]c2=O)cc1. The lowest BCUT2D eigenvalue weighted by Crippen LogP contribution is -2.37. The number of aromatic amines is 2. The van der Waals surface area contributed by atoms with E-state index in [1.807, 2.05) is 60.7 Å². The summed E-state index contributed by atoms with van der Waals surface area (Å²) in [5.74, 6) is -0.280. The summed E-state index contributed by atoms with van der Waals surface area (Å²) in [5, 5.41) is 0. The molecule has 196 valence electrons. The molecule has 0 bridgehead atoms. The van der Waals surface area contributed by atoms with Crippen LogP contribution in [0.2, 0.25) is 0 Å². The van der Waals surface area contributed by atoms with Crippen LogP contribution in [0.5, 0.6) is 5.75 Å². The first-order valence-corrected chi connectivity index (χ1v) is 12.3. The van der Waals surface area contributed by atoms with E-state index in [2.05, 4.69) is 9.97 Å². The van der Waals surface area contributed by atoms with Gasteiger partial charge in [0.15, 0.2) is 0 Å². The number of hydrogen-bond acceptors (Lipinski definition) is 5. The number of benzene rings is 3. The molecule has 0 amide bonds. The Balaban J connectivity index is 1.69. The van der Waals surface area contributed by atoms with E-state index in [0.717, 1.165) is 11.1 Å². The highest BCUT2D eigenvalue weighted by molar-refractivity contribution is 5.42. The summed E-state index contributed by atoms with van der Waals surface area (Å²) >= 11 is 0. The van der Waals surface area contributed by atoms with Gasteiger partial charge in [0.05, 0.1) is 20.2 Å². The zero-order chi connectivity index (χ0) is 27.4. The summed E-state index contributed by atoms with van der Waals surface area (Å²) in [6.07, 6.45) is 2.96. The molecule has 0 saturated heterocycles. The Morgan fingerprint density at radius 1 is 0.641 bits per heavy atom. The van der Waals surface area contributed by atoms with Gasteiger partial charge in [-0.2, -0.15) is 0 Å². The highest BCUT2D eigenvalue weighted by Gasteiger charge is 2.25. The number of hydrogen-bond donors (Lipinski definition) is 2. The first-order valence-electron chi connectivity index (χ1n) is 12.3. The number of rotatable bonds is 8. The molecular weight excluding hydrogens is 496 g/mol. The van der Waals surface area contributed by atoms with Gasteiger partial charge in [0.2, 0.25) is 0 Å². The van der Waals surface area contributed by atoms with Gasteiger partial charge in [0.1, 0.15) is 5.75 Å². The van der Waals surface area contributed by atoms with Crippen molar-refractivity contribution in [2.75, 3.05) is 7.11 Å². The van der Waals surface area contributed by atoms with Crippen LogP contribution < -0.4 is 27.2 Å². The fourth-order valence-corrected chi connectivity index (χ4v) is 4.58. The molecule has 0 radical (unpaired) electrons. The largest absolute Gasteiger partial charge is 0.497 e. The molecule has 0 aliphatic rings. The van der Waals surface area contributed by atoms with Crippen molar-refractivity contribution in [1.82, 2.24) is 19.1 Å². The number of aromatic nitrogens is 4. The van der Waals surface area contributed by atoms with Crippen LogP contribution in [0.15, 0.2) is 117 Å². The molecule has 0 aliphatic carbocycles. The summed E-state index contributed by atoms with van der Waals surface area (Å²) < 4.78 is 8.08. The van der Waals surface area contributed by atoms with E-state index in [0.29, 0.717) is 11.3 Å². The Kier molecular flexibility index (Phi) is 7.22. The fraction of sp³-hybridized carbons (Fsp3) is 0.133. The molecule has 39 heavy (non-hydrogen) atoms. The smallest absolute Gasteiger partial charge is 0.328 e. The summed E-state index contributed by atoms with van der Waals surface area (Å²) in [4.78, 5) is 56.7. The van der Waals surface area contributed by atoms with E-state index in [1.165, 1.54) is 21.5 Å². The van der Waals surface area contributed by atoms with Crippen LogP contribution in [0.4, 0.5) is 0 Å². The molecule has 9 nitrogen and oxygen atoms in total. The Bertz CT molecular complexity index is 1710. The molecule has 9 heteroatoms. The first kappa shape index (κ1) is 25.5. The molecule has 0 atom stereocenters. The molecular formula is C30H26N4O5. The Morgan fingerprint density at radius 2 is 1.08 bits per heavy atom. The zero-order valence-corrected chi connectivity index (χ0v) is 21.2. The van der Waals surface area contributed by atoms with E-state index in [4.69, 9.17) is 4.74 Å². The molecule has 5 aromatic rings. The third-order valence-corrected chi connectivity index (χ3v) is 6.54. The minimum absolute atomic E-state index is 0.186. The normalized spacial score (nSPS) is 11.0. The lowest BCUT2D eigenvalue weighted by atomic mass is 9.87. The molecule has 2 N–H and O–H groups in total. The van der Waals surface area contributed by atoms with E-state index in [9.17, 15) is 19.2 Å². The molecule has 0 fully saturated rings. The van der Waals surface area contributed by atoms with Crippen molar-refractivity contribution in [3.05, 3.63) is 167 Å². The summed E-state index contributed by atoms with van der Waals surface area (Å²) in [7, 11) is 1.54. The van der Waals surface area contributed by atoms with Crippen molar-refractivity contribution >= 4 is 0 Å². The van der Waals surface area contributed by atoms with Gasteiger partial charge in [0.25, 0.3) is 11.1 Å². The van der Waals surface area contributed by atoms with Gasteiger partial charge in [-0.3, -0.25) is 28.7 Å². The van der Waals surface area contributed by atoms with Gasteiger partial charge in [-0.05, 0) is 28.8 Å². The predicted molar refractivity (Wildman–Crippen MR) is 148 cm³/mol. The monoisotopic (exact) mass is 522 g/mol. The first-order chi connectivity index (χ1) is 18.9. The van der Waals surface area contributed by atoms with E-state index in [-0.39, 0.29) is 24.2 Å². The van der Waals surface area contributed by atoms with Crippen LogP contribution in [0.25, 0.3) is 0 Å². The highest BCUT2D eigenvalue weighted by atomic mass is 16.5. The Labute approximate surface area is 222 Å². The molecule has 2 heterocycles. The highest BCUT2D eigenvalue weighted by Crippen LogP contribution is 2.29. The van der Waals surface area contributed by atoms with Crippen molar-refractivity contribution in [3.63, 3.8) is 0 Å². The van der Waals surface area contributed by atoms with E-state index in [1.54, 1.807) is 31.4 Å². The fourth-order valence-electron chi connectivity index (χ4n) is 4.58. The van der Waals surface area contributed by atoms with Gasteiger partial charge in [-0.15, -0.1) is 0 Å². The van der Waals surface area contributed by atoms with Gasteiger partial charge < -0.3 is 4.74 Å².